The minimum absolute atomic E-state index is 0.783. The standard InChI is InChI=1S/C11H20N2/c1-9-3-2-6-13(8-9)11-5-4-10(11)7-12/h3,10-11H,2,4-8,12H2,1H3. The summed E-state index contributed by atoms with van der Waals surface area (Å²) >= 11 is 0. The van der Waals surface area contributed by atoms with E-state index in [4.69, 9.17) is 5.73 Å². The van der Waals surface area contributed by atoms with E-state index in [2.05, 4.69) is 17.9 Å². The van der Waals surface area contributed by atoms with Crippen LogP contribution in [0, 0.1) is 5.92 Å². The van der Waals surface area contributed by atoms with Crippen molar-refractivity contribution in [3.63, 3.8) is 0 Å². The van der Waals surface area contributed by atoms with E-state index in [9.17, 15) is 0 Å². The molecule has 2 aliphatic rings. The minimum atomic E-state index is 0.783. The van der Waals surface area contributed by atoms with E-state index < -0.39 is 0 Å². The topological polar surface area (TPSA) is 29.3 Å². The summed E-state index contributed by atoms with van der Waals surface area (Å²) in [6.45, 7) is 5.55. The summed E-state index contributed by atoms with van der Waals surface area (Å²) in [5, 5.41) is 0. The van der Waals surface area contributed by atoms with Crippen molar-refractivity contribution < 1.29 is 0 Å². The van der Waals surface area contributed by atoms with Crippen molar-refractivity contribution in [3.05, 3.63) is 11.6 Å². The molecular weight excluding hydrogens is 160 g/mol. The Morgan fingerprint density at radius 2 is 2.38 bits per heavy atom. The summed E-state index contributed by atoms with van der Waals surface area (Å²) in [6.07, 6.45) is 6.32. The second-order valence-electron chi connectivity index (χ2n) is 4.45. The molecule has 0 saturated heterocycles. The molecule has 1 saturated carbocycles. The summed E-state index contributed by atoms with van der Waals surface area (Å²) in [5.41, 5.74) is 7.26. The second-order valence-corrected chi connectivity index (χ2v) is 4.45. The number of hydrogen-bond acceptors (Lipinski definition) is 2. The van der Waals surface area contributed by atoms with Crippen LogP contribution < -0.4 is 5.73 Å². The van der Waals surface area contributed by atoms with Crippen LogP contribution >= 0.6 is 0 Å². The lowest BCUT2D eigenvalue weighted by atomic mass is 9.78. The van der Waals surface area contributed by atoms with Crippen LogP contribution in [0.1, 0.15) is 26.2 Å². The zero-order chi connectivity index (χ0) is 9.26. The molecule has 1 aliphatic carbocycles. The average molecular weight is 180 g/mol. The highest BCUT2D eigenvalue weighted by molar-refractivity contribution is 5.07. The highest BCUT2D eigenvalue weighted by atomic mass is 15.2. The van der Waals surface area contributed by atoms with Gasteiger partial charge in [-0.2, -0.15) is 0 Å². The summed E-state index contributed by atoms with van der Waals surface area (Å²) in [4.78, 5) is 2.62. The maximum atomic E-state index is 5.72. The predicted molar refractivity (Wildman–Crippen MR) is 55.5 cm³/mol. The van der Waals surface area contributed by atoms with Gasteiger partial charge in [0.05, 0.1) is 0 Å². The van der Waals surface area contributed by atoms with Crippen LogP contribution in [-0.4, -0.2) is 30.6 Å². The smallest absolute Gasteiger partial charge is 0.0193 e. The first kappa shape index (κ1) is 9.22. The first-order chi connectivity index (χ1) is 6.31. The van der Waals surface area contributed by atoms with Gasteiger partial charge in [-0.1, -0.05) is 11.6 Å². The molecule has 1 aliphatic heterocycles. The van der Waals surface area contributed by atoms with Crippen LogP contribution in [0.3, 0.4) is 0 Å². The van der Waals surface area contributed by atoms with Gasteiger partial charge in [-0.25, -0.2) is 0 Å². The van der Waals surface area contributed by atoms with Gasteiger partial charge in [0, 0.05) is 19.1 Å². The van der Waals surface area contributed by atoms with Crippen LogP contribution in [0.4, 0.5) is 0 Å². The van der Waals surface area contributed by atoms with Gasteiger partial charge < -0.3 is 5.73 Å². The van der Waals surface area contributed by atoms with Crippen LogP contribution in [0.2, 0.25) is 0 Å². The zero-order valence-electron chi connectivity index (χ0n) is 8.50. The molecule has 13 heavy (non-hydrogen) atoms. The van der Waals surface area contributed by atoms with E-state index in [-0.39, 0.29) is 0 Å². The molecule has 0 spiro atoms. The van der Waals surface area contributed by atoms with Crippen LogP contribution in [0.15, 0.2) is 11.6 Å². The Morgan fingerprint density at radius 1 is 1.54 bits per heavy atom. The van der Waals surface area contributed by atoms with Crippen molar-refractivity contribution in [1.29, 1.82) is 0 Å². The van der Waals surface area contributed by atoms with Crippen LogP contribution in [0.5, 0.6) is 0 Å². The Morgan fingerprint density at radius 3 is 2.92 bits per heavy atom. The average Bonchev–Trinajstić information content (AvgIpc) is 2.03. The van der Waals surface area contributed by atoms with E-state index >= 15 is 0 Å². The Labute approximate surface area is 80.8 Å². The van der Waals surface area contributed by atoms with Crippen molar-refractivity contribution >= 4 is 0 Å². The summed E-state index contributed by atoms with van der Waals surface area (Å²) in [7, 11) is 0. The quantitative estimate of drug-likeness (QED) is 0.650. The Bertz CT molecular complexity index is 208. The first-order valence-corrected chi connectivity index (χ1v) is 5.41. The molecule has 0 bridgehead atoms. The molecule has 0 aromatic rings. The van der Waals surface area contributed by atoms with Gasteiger partial charge in [-0.05, 0) is 38.6 Å². The number of rotatable bonds is 2. The third-order valence-corrected chi connectivity index (χ3v) is 3.51. The van der Waals surface area contributed by atoms with Gasteiger partial charge >= 0.3 is 0 Å². The molecule has 2 unspecified atom stereocenters. The van der Waals surface area contributed by atoms with E-state index in [1.807, 2.05) is 0 Å². The van der Waals surface area contributed by atoms with Crippen molar-refractivity contribution in [1.82, 2.24) is 4.90 Å². The largest absolute Gasteiger partial charge is 0.330 e. The van der Waals surface area contributed by atoms with Crippen molar-refractivity contribution in [3.8, 4) is 0 Å². The molecular formula is C11H20N2. The van der Waals surface area contributed by atoms with Gasteiger partial charge in [0.2, 0.25) is 0 Å². The minimum Gasteiger partial charge on any atom is -0.330 e. The molecule has 1 fully saturated rings. The van der Waals surface area contributed by atoms with Crippen LogP contribution in [-0.2, 0) is 0 Å². The lowest BCUT2D eigenvalue weighted by molar-refractivity contribution is 0.0722. The lowest BCUT2D eigenvalue weighted by Crippen LogP contribution is -2.51. The Hall–Kier alpha value is -0.340. The highest BCUT2D eigenvalue weighted by Gasteiger charge is 2.34. The molecule has 2 atom stereocenters. The fourth-order valence-electron chi connectivity index (χ4n) is 2.53. The summed E-state index contributed by atoms with van der Waals surface area (Å²) in [6, 6.07) is 0.800. The van der Waals surface area contributed by atoms with Crippen molar-refractivity contribution in [2.24, 2.45) is 11.7 Å². The summed E-state index contributed by atoms with van der Waals surface area (Å²) in [5.74, 6) is 0.783. The SMILES string of the molecule is CC1=CCCN(C2CCC2CN)C1. The molecule has 0 radical (unpaired) electrons. The fraction of sp³-hybridized carbons (Fsp3) is 0.818. The monoisotopic (exact) mass is 180 g/mol. The zero-order valence-corrected chi connectivity index (χ0v) is 8.50. The molecule has 1 heterocycles. The number of hydrogen-bond donors (Lipinski definition) is 1. The first-order valence-electron chi connectivity index (χ1n) is 5.41. The summed E-state index contributed by atoms with van der Waals surface area (Å²) < 4.78 is 0. The molecule has 2 rings (SSSR count). The van der Waals surface area contributed by atoms with Crippen molar-refractivity contribution in [2.75, 3.05) is 19.6 Å². The van der Waals surface area contributed by atoms with E-state index in [1.54, 1.807) is 0 Å². The molecule has 0 aromatic carbocycles. The van der Waals surface area contributed by atoms with Gasteiger partial charge in [-0.15, -0.1) is 0 Å². The van der Waals surface area contributed by atoms with E-state index in [0.717, 1.165) is 18.5 Å². The van der Waals surface area contributed by atoms with E-state index in [1.165, 1.54) is 37.9 Å². The maximum Gasteiger partial charge on any atom is 0.0193 e. The molecule has 74 valence electrons. The molecule has 0 aromatic heterocycles. The molecule has 2 N–H and O–H groups in total. The Balaban J connectivity index is 1.91. The number of nitrogens with zero attached hydrogens (tertiary/aromatic N) is 1. The molecule has 0 amide bonds. The van der Waals surface area contributed by atoms with Gasteiger partial charge in [0.25, 0.3) is 0 Å². The number of nitrogens with two attached hydrogens (primary N) is 1. The maximum absolute atomic E-state index is 5.72. The van der Waals surface area contributed by atoms with Gasteiger partial charge in [-0.3, -0.25) is 4.90 Å². The van der Waals surface area contributed by atoms with Crippen molar-refractivity contribution in [2.45, 2.75) is 32.2 Å². The molecule has 2 heteroatoms. The highest BCUT2D eigenvalue weighted by Crippen LogP contribution is 2.32. The lowest BCUT2D eigenvalue weighted by Gasteiger charge is -2.45. The second kappa shape index (κ2) is 3.81. The van der Waals surface area contributed by atoms with Crippen LogP contribution in [0.25, 0.3) is 0 Å². The fourth-order valence-corrected chi connectivity index (χ4v) is 2.53. The van der Waals surface area contributed by atoms with E-state index in [0.29, 0.717) is 0 Å². The normalized spacial score (nSPS) is 35.4. The third kappa shape index (κ3) is 1.79. The third-order valence-electron chi connectivity index (χ3n) is 3.51. The van der Waals surface area contributed by atoms with Gasteiger partial charge in [0.1, 0.15) is 0 Å². The Kier molecular flexibility index (Phi) is 2.70. The molecule has 2 nitrogen and oxygen atoms in total. The van der Waals surface area contributed by atoms with Gasteiger partial charge in [0.15, 0.2) is 0 Å². The predicted octanol–water partition coefficient (Wildman–Crippen LogP) is 1.38.